The van der Waals surface area contributed by atoms with Crippen molar-refractivity contribution in [2.75, 3.05) is 20.3 Å². The zero-order chi connectivity index (χ0) is 18.3. The number of esters is 1. The Bertz CT molecular complexity index is 589. The molecule has 24 heavy (non-hydrogen) atoms. The molecule has 0 aliphatic rings. The average molecular weight is 358 g/mol. The Hall–Kier alpha value is -1.95. The van der Waals surface area contributed by atoms with E-state index in [1.807, 2.05) is 20.8 Å². The first-order valence-corrected chi connectivity index (χ1v) is 8.16. The third-order valence-electron chi connectivity index (χ3n) is 3.09. The third kappa shape index (κ3) is 5.60. The van der Waals surface area contributed by atoms with Gasteiger partial charge in [-0.05, 0) is 31.9 Å². The zero-order valence-corrected chi connectivity index (χ0v) is 15.4. The molecule has 134 valence electrons. The highest BCUT2D eigenvalue weighted by atomic mass is 35.5. The van der Waals surface area contributed by atoms with Gasteiger partial charge in [-0.3, -0.25) is 4.79 Å². The fourth-order valence-electron chi connectivity index (χ4n) is 1.85. The van der Waals surface area contributed by atoms with Crippen molar-refractivity contribution in [1.82, 2.24) is 5.32 Å². The molecule has 0 bridgehead atoms. The van der Waals surface area contributed by atoms with Gasteiger partial charge in [-0.2, -0.15) is 0 Å². The Morgan fingerprint density at radius 2 is 1.92 bits per heavy atom. The van der Waals surface area contributed by atoms with Gasteiger partial charge in [-0.1, -0.05) is 25.4 Å². The Kier molecular flexibility index (Phi) is 7.85. The number of halogens is 1. The minimum atomic E-state index is -0.910. The van der Waals surface area contributed by atoms with Crippen molar-refractivity contribution in [3.05, 3.63) is 22.7 Å². The second-order valence-electron chi connectivity index (χ2n) is 5.61. The number of carbonyl (C=O) groups excluding carboxylic acids is 2. The van der Waals surface area contributed by atoms with E-state index in [9.17, 15) is 9.59 Å². The molecule has 1 aromatic carbocycles. The molecule has 1 N–H and O–H groups in total. The van der Waals surface area contributed by atoms with Crippen molar-refractivity contribution in [2.45, 2.75) is 33.8 Å². The molecule has 6 nitrogen and oxygen atoms in total. The number of hydrogen-bond donors (Lipinski definition) is 1. The fourth-order valence-corrected chi connectivity index (χ4v) is 2.12. The summed E-state index contributed by atoms with van der Waals surface area (Å²) in [6.45, 7) is 8.21. The van der Waals surface area contributed by atoms with Crippen LogP contribution in [0.25, 0.3) is 0 Å². The Balaban J connectivity index is 2.84. The maximum atomic E-state index is 12.2. The van der Waals surface area contributed by atoms with Gasteiger partial charge in [0.25, 0.3) is 5.91 Å². The van der Waals surface area contributed by atoms with E-state index in [-0.39, 0.29) is 16.5 Å². The van der Waals surface area contributed by atoms with Gasteiger partial charge in [0.05, 0.1) is 24.3 Å². The molecule has 7 heteroatoms. The van der Waals surface area contributed by atoms with Crippen LogP contribution >= 0.6 is 11.6 Å². The van der Waals surface area contributed by atoms with Gasteiger partial charge in [0.2, 0.25) is 0 Å². The van der Waals surface area contributed by atoms with Crippen molar-refractivity contribution in [3.63, 3.8) is 0 Å². The summed E-state index contributed by atoms with van der Waals surface area (Å²) in [4.78, 5) is 24.1. The highest BCUT2D eigenvalue weighted by Crippen LogP contribution is 2.36. The molecule has 0 fully saturated rings. The van der Waals surface area contributed by atoms with E-state index >= 15 is 0 Å². The number of nitrogens with one attached hydrogen (secondary N) is 1. The molecule has 1 unspecified atom stereocenters. The first-order valence-electron chi connectivity index (χ1n) is 7.79. The van der Waals surface area contributed by atoms with Crippen LogP contribution in [0.2, 0.25) is 5.02 Å². The number of hydrogen-bond acceptors (Lipinski definition) is 5. The summed E-state index contributed by atoms with van der Waals surface area (Å²) in [6, 6.07) is 2.90. The van der Waals surface area contributed by atoms with Gasteiger partial charge < -0.3 is 19.5 Å². The first-order chi connectivity index (χ1) is 11.3. The molecule has 1 atom stereocenters. The van der Waals surface area contributed by atoms with Gasteiger partial charge >= 0.3 is 5.97 Å². The lowest BCUT2D eigenvalue weighted by Crippen LogP contribution is -2.37. The number of rotatable bonds is 8. The summed E-state index contributed by atoms with van der Waals surface area (Å²) < 4.78 is 15.8. The number of methoxy groups -OCH3 is 1. The number of carbonyl (C=O) groups is 2. The predicted molar refractivity (Wildman–Crippen MR) is 91.9 cm³/mol. The van der Waals surface area contributed by atoms with E-state index in [1.165, 1.54) is 26.2 Å². The number of amides is 1. The van der Waals surface area contributed by atoms with Gasteiger partial charge in [0.15, 0.2) is 17.6 Å². The van der Waals surface area contributed by atoms with Gasteiger partial charge in [-0.15, -0.1) is 0 Å². The van der Waals surface area contributed by atoms with E-state index in [0.29, 0.717) is 30.6 Å². The summed E-state index contributed by atoms with van der Waals surface area (Å²) in [5.41, 5.74) is 0.184. The van der Waals surface area contributed by atoms with Crippen LogP contribution in [-0.4, -0.2) is 38.2 Å². The van der Waals surface area contributed by atoms with Crippen LogP contribution in [0.5, 0.6) is 11.5 Å². The van der Waals surface area contributed by atoms with Crippen molar-refractivity contribution in [2.24, 2.45) is 5.92 Å². The maximum Gasteiger partial charge on any atom is 0.339 e. The van der Waals surface area contributed by atoms with E-state index < -0.39 is 12.1 Å². The molecule has 0 saturated carbocycles. The van der Waals surface area contributed by atoms with Crippen LogP contribution in [0, 0.1) is 5.92 Å². The second-order valence-corrected chi connectivity index (χ2v) is 6.02. The van der Waals surface area contributed by atoms with Gasteiger partial charge in [0.1, 0.15) is 0 Å². The summed E-state index contributed by atoms with van der Waals surface area (Å²) >= 11 is 6.13. The standard InChI is InChI=1S/C17H24ClNO5/c1-6-23-15-13(18)7-12(8-14(15)22-5)17(21)24-11(4)16(20)19-9-10(2)3/h7-8,10-11H,6,9H2,1-5H3,(H,19,20). The van der Waals surface area contributed by atoms with Crippen molar-refractivity contribution in [1.29, 1.82) is 0 Å². The van der Waals surface area contributed by atoms with Crippen molar-refractivity contribution < 1.29 is 23.8 Å². The van der Waals surface area contributed by atoms with Crippen LogP contribution < -0.4 is 14.8 Å². The normalized spacial score (nSPS) is 11.8. The van der Waals surface area contributed by atoms with E-state index in [0.717, 1.165) is 0 Å². The van der Waals surface area contributed by atoms with E-state index in [1.54, 1.807) is 0 Å². The lowest BCUT2D eigenvalue weighted by atomic mass is 10.2. The fraction of sp³-hybridized carbons (Fsp3) is 0.529. The lowest BCUT2D eigenvalue weighted by molar-refractivity contribution is -0.129. The molecular weight excluding hydrogens is 334 g/mol. The largest absolute Gasteiger partial charge is 0.493 e. The minimum Gasteiger partial charge on any atom is -0.493 e. The molecule has 0 aliphatic carbocycles. The highest BCUT2D eigenvalue weighted by molar-refractivity contribution is 6.32. The monoisotopic (exact) mass is 357 g/mol. The number of benzene rings is 1. The SMILES string of the molecule is CCOc1c(Cl)cc(C(=O)OC(C)C(=O)NCC(C)C)cc1OC. The lowest BCUT2D eigenvalue weighted by Gasteiger charge is -2.16. The molecule has 1 amide bonds. The summed E-state index contributed by atoms with van der Waals surface area (Å²) in [7, 11) is 1.45. The Morgan fingerprint density at radius 1 is 1.25 bits per heavy atom. The molecular formula is C17H24ClNO5. The highest BCUT2D eigenvalue weighted by Gasteiger charge is 2.21. The van der Waals surface area contributed by atoms with Crippen LogP contribution in [-0.2, 0) is 9.53 Å². The van der Waals surface area contributed by atoms with Crippen molar-refractivity contribution in [3.8, 4) is 11.5 Å². The second kappa shape index (κ2) is 9.37. The molecule has 0 aromatic heterocycles. The molecule has 0 radical (unpaired) electrons. The van der Waals surface area contributed by atoms with Crippen LogP contribution in [0.15, 0.2) is 12.1 Å². The van der Waals surface area contributed by atoms with E-state index in [2.05, 4.69) is 5.32 Å². The quantitative estimate of drug-likeness (QED) is 0.724. The maximum absolute atomic E-state index is 12.2. The molecule has 0 aliphatic heterocycles. The average Bonchev–Trinajstić information content (AvgIpc) is 2.53. The Labute approximate surface area is 147 Å². The predicted octanol–water partition coefficient (Wildman–Crippen LogP) is 3.06. The van der Waals surface area contributed by atoms with Crippen LogP contribution in [0.1, 0.15) is 38.1 Å². The van der Waals surface area contributed by atoms with Crippen LogP contribution in [0.3, 0.4) is 0 Å². The number of ether oxygens (including phenoxy) is 3. The molecule has 1 rings (SSSR count). The molecule has 0 spiro atoms. The smallest absolute Gasteiger partial charge is 0.339 e. The zero-order valence-electron chi connectivity index (χ0n) is 14.6. The first kappa shape index (κ1) is 20.1. The van der Waals surface area contributed by atoms with Gasteiger partial charge in [-0.25, -0.2) is 4.79 Å². The summed E-state index contributed by atoms with van der Waals surface area (Å²) in [5.74, 6) is -0.00771. The van der Waals surface area contributed by atoms with Gasteiger partial charge in [0, 0.05) is 6.54 Å². The van der Waals surface area contributed by atoms with Crippen molar-refractivity contribution >= 4 is 23.5 Å². The minimum absolute atomic E-state index is 0.184. The summed E-state index contributed by atoms with van der Waals surface area (Å²) in [5, 5.41) is 2.95. The van der Waals surface area contributed by atoms with Crippen LogP contribution in [0.4, 0.5) is 0 Å². The molecule has 1 aromatic rings. The third-order valence-corrected chi connectivity index (χ3v) is 3.37. The molecule has 0 heterocycles. The summed E-state index contributed by atoms with van der Waals surface area (Å²) in [6.07, 6.45) is -0.910. The Morgan fingerprint density at radius 3 is 2.46 bits per heavy atom. The molecule has 0 saturated heterocycles. The topological polar surface area (TPSA) is 73.9 Å². The van der Waals surface area contributed by atoms with E-state index in [4.69, 9.17) is 25.8 Å².